The molecule has 0 aliphatic carbocycles. The van der Waals surface area contributed by atoms with Gasteiger partial charge in [-0.25, -0.2) is 0 Å². The lowest BCUT2D eigenvalue weighted by Gasteiger charge is -2.31. The van der Waals surface area contributed by atoms with Crippen molar-refractivity contribution in [1.29, 1.82) is 0 Å². The van der Waals surface area contributed by atoms with Crippen LogP contribution < -0.4 is 5.32 Å². The molecular formula is C8H12N. The van der Waals surface area contributed by atoms with Gasteiger partial charge in [-0.1, -0.05) is 12.2 Å². The minimum absolute atomic E-state index is 0.777. The summed E-state index contributed by atoms with van der Waals surface area (Å²) in [5.74, 6) is 0. The minimum Gasteiger partial charge on any atom is -0.303 e. The fourth-order valence-corrected chi connectivity index (χ4v) is 1.63. The Morgan fingerprint density at radius 1 is 1.56 bits per heavy atom. The molecule has 1 radical (unpaired) electrons. The molecule has 1 heteroatoms. The summed E-state index contributed by atoms with van der Waals surface area (Å²) < 4.78 is 0. The number of hydrogen-bond acceptors (Lipinski definition) is 1. The Morgan fingerprint density at radius 3 is 3.33 bits per heavy atom. The van der Waals surface area contributed by atoms with Crippen LogP contribution in [0.25, 0.3) is 0 Å². The van der Waals surface area contributed by atoms with Gasteiger partial charge in [-0.2, -0.15) is 0 Å². The molecule has 1 N–H and O–H groups in total. The first-order valence-corrected chi connectivity index (χ1v) is 3.74. The Kier molecular flexibility index (Phi) is 1.31. The molecule has 1 fully saturated rings. The molecule has 2 aliphatic rings. The SMILES string of the molecule is C1=C[C]2CCCC(C1)N2. The quantitative estimate of drug-likeness (QED) is 0.515. The monoisotopic (exact) mass is 122 g/mol. The van der Waals surface area contributed by atoms with Gasteiger partial charge in [-0.15, -0.1) is 0 Å². The van der Waals surface area contributed by atoms with Crippen LogP contribution in [0.1, 0.15) is 25.7 Å². The summed E-state index contributed by atoms with van der Waals surface area (Å²) in [6.07, 6.45) is 9.78. The van der Waals surface area contributed by atoms with Gasteiger partial charge < -0.3 is 5.32 Å². The molecule has 0 aromatic heterocycles. The molecule has 1 saturated heterocycles. The van der Waals surface area contributed by atoms with Gasteiger partial charge in [-0.05, 0) is 25.7 Å². The summed E-state index contributed by atoms with van der Waals surface area (Å²) in [6, 6.07) is 2.23. The zero-order chi connectivity index (χ0) is 6.10. The summed E-state index contributed by atoms with van der Waals surface area (Å²) in [5, 5.41) is 3.48. The first-order valence-electron chi connectivity index (χ1n) is 3.74. The molecule has 0 aromatic rings. The average molecular weight is 122 g/mol. The van der Waals surface area contributed by atoms with Gasteiger partial charge in [0.2, 0.25) is 0 Å². The third-order valence-electron chi connectivity index (χ3n) is 2.13. The summed E-state index contributed by atoms with van der Waals surface area (Å²) >= 11 is 0. The smallest absolute Gasteiger partial charge is 0.0587 e. The van der Waals surface area contributed by atoms with Crippen molar-refractivity contribution in [2.24, 2.45) is 0 Å². The predicted octanol–water partition coefficient (Wildman–Crippen LogP) is 1.62. The molecule has 49 valence electrons. The van der Waals surface area contributed by atoms with Crippen molar-refractivity contribution in [3.63, 3.8) is 0 Å². The van der Waals surface area contributed by atoms with Crippen LogP contribution in [-0.2, 0) is 0 Å². The summed E-state index contributed by atoms with van der Waals surface area (Å²) in [6.45, 7) is 0. The van der Waals surface area contributed by atoms with Crippen LogP contribution in [0.5, 0.6) is 0 Å². The van der Waals surface area contributed by atoms with Gasteiger partial charge in [-0.3, -0.25) is 0 Å². The van der Waals surface area contributed by atoms with E-state index in [1.54, 1.807) is 0 Å². The van der Waals surface area contributed by atoms with E-state index in [1.807, 2.05) is 0 Å². The minimum atomic E-state index is 0.777. The van der Waals surface area contributed by atoms with E-state index < -0.39 is 0 Å². The molecule has 1 unspecified atom stereocenters. The first kappa shape index (κ1) is 5.48. The average Bonchev–Trinajstić information content (AvgIpc) is 1.88. The molecule has 0 aromatic carbocycles. The highest BCUT2D eigenvalue weighted by Gasteiger charge is 2.21. The molecule has 0 saturated carbocycles. The van der Waals surface area contributed by atoms with Gasteiger partial charge in [0.1, 0.15) is 0 Å². The van der Waals surface area contributed by atoms with Crippen LogP contribution in [0.2, 0.25) is 0 Å². The second kappa shape index (κ2) is 2.14. The standard InChI is InChI=1S/C8H12N/c1-3-7-5-2-6-8(4-1)9-7/h1,3,8-9H,2,4-6H2. The van der Waals surface area contributed by atoms with Crippen LogP contribution in [0.3, 0.4) is 0 Å². The van der Waals surface area contributed by atoms with Crippen LogP contribution in [-0.4, -0.2) is 6.04 Å². The van der Waals surface area contributed by atoms with Gasteiger partial charge in [0.25, 0.3) is 0 Å². The highest BCUT2D eigenvalue weighted by molar-refractivity contribution is 5.15. The van der Waals surface area contributed by atoms with Crippen LogP contribution in [0.15, 0.2) is 12.2 Å². The number of piperidine rings is 1. The normalized spacial score (nSPS) is 34.9. The van der Waals surface area contributed by atoms with E-state index in [0.29, 0.717) is 0 Å². The maximum Gasteiger partial charge on any atom is 0.0587 e. The first-order chi connectivity index (χ1) is 4.45. The number of rotatable bonds is 0. The van der Waals surface area contributed by atoms with E-state index in [-0.39, 0.29) is 0 Å². The van der Waals surface area contributed by atoms with Crippen molar-refractivity contribution in [2.45, 2.75) is 31.7 Å². The van der Waals surface area contributed by atoms with Gasteiger partial charge >= 0.3 is 0 Å². The van der Waals surface area contributed by atoms with Crippen LogP contribution in [0.4, 0.5) is 0 Å². The molecule has 2 rings (SSSR count). The molecule has 1 atom stereocenters. The second-order valence-corrected chi connectivity index (χ2v) is 2.90. The molecule has 1 nitrogen and oxygen atoms in total. The third-order valence-corrected chi connectivity index (χ3v) is 2.13. The van der Waals surface area contributed by atoms with E-state index in [9.17, 15) is 0 Å². The number of fused-ring (bicyclic) bond motifs is 2. The lowest BCUT2D eigenvalue weighted by atomic mass is 9.92. The zero-order valence-corrected chi connectivity index (χ0v) is 5.56. The Morgan fingerprint density at radius 2 is 2.56 bits per heavy atom. The summed E-state index contributed by atoms with van der Waals surface area (Å²) in [7, 11) is 0. The Hall–Kier alpha value is -0.300. The third kappa shape index (κ3) is 1.01. The van der Waals surface area contributed by atoms with Crippen LogP contribution in [0, 0.1) is 6.04 Å². The summed E-state index contributed by atoms with van der Waals surface area (Å²) in [4.78, 5) is 0. The highest BCUT2D eigenvalue weighted by atomic mass is 15.0. The maximum absolute atomic E-state index is 3.48. The van der Waals surface area contributed by atoms with Gasteiger partial charge in [0.05, 0.1) is 6.04 Å². The summed E-state index contributed by atoms with van der Waals surface area (Å²) in [5.41, 5.74) is 0. The fourth-order valence-electron chi connectivity index (χ4n) is 1.63. The van der Waals surface area contributed by atoms with Crippen molar-refractivity contribution in [2.75, 3.05) is 0 Å². The molecular weight excluding hydrogens is 110 g/mol. The van der Waals surface area contributed by atoms with Crippen LogP contribution >= 0.6 is 0 Å². The molecule has 2 aliphatic heterocycles. The van der Waals surface area contributed by atoms with Gasteiger partial charge in [0.15, 0.2) is 0 Å². The topological polar surface area (TPSA) is 12.0 Å². The fraction of sp³-hybridized carbons (Fsp3) is 0.625. The van der Waals surface area contributed by atoms with E-state index in [4.69, 9.17) is 0 Å². The largest absolute Gasteiger partial charge is 0.303 e. The molecule has 2 heterocycles. The number of nitrogens with one attached hydrogen (secondary N) is 1. The van der Waals surface area contributed by atoms with Crippen molar-refractivity contribution >= 4 is 0 Å². The lowest BCUT2D eigenvalue weighted by molar-refractivity contribution is 0.405. The van der Waals surface area contributed by atoms with Gasteiger partial charge in [0, 0.05) is 6.04 Å². The molecule has 2 bridgehead atoms. The second-order valence-electron chi connectivity index (χ2n) is 2.90. The highest BCUT2D eigenvalue weighted by Crippen LogP contribution is 2.24. The van der Waals surface area contributed by atoms with E-state index >= 15 is 0 Å². The van der Waals surface area contributed by atoms with Crippen molar-refractivity contribution in [3.8, 4) is 0 Å². The molecule has 9 heavy (non-hydrogen) atoms. The number of hydrogen-bond donors (Lipinski definition) is 1. The molecule has 0 spiro atoms. The van der Waals surface area contributed by atoms with Crippen molar-refractivity contribution in [1.82, 2.24) is 5.32 Å². The Bertz CT molecular complexity index is 129. The lowest BCUT2D eigenvalue weighted by Crippen LogP contribution is -2.37. The Labute approximate surface area is 56.1 Å². The van der Waals surface area contributed by atoms with E-state index in [0.717, 1.165) is 6.04 Å². The van der Waals surface area contributed by atoms with E-state index in [1.165, 1.54) is 31.7 Å². The Balaban J connectivity index is 2.09. The van der Waals surface area contributed by atoms with Crippen molar-refractivity contribution < 1.29 is 0 Å². The maximum atomic E-state index is 3.48. The zero-order valence-electron chi connectivity index (χ0n) is 5.56. The molecule has 0 amide bonds. The van der Waals surface area contributed by atoms with Crippen molar-refractivity contribution in [3.05, 3.63) is 18.2 Å². The predicted molar refractivity (Wildman–Crippen MR) is 37.8 cm³/mol. The van der Waals surface area contributed by atoms with E-state index in [2.05, 4.69) is 17.5 Å².